The molecule has 0 bridgehead atoms. The summed E-state index contributed by atoms with van der Waals surface area (Å²) in [6.45, 7) is 2.27. The highest BCUT2D eigenvalue weighted by molar-refractivity contribution is 8.02. The Morgan fingerprint density at radius 2 is 1.88 bits per heavy atom. The minimum absolute atomic E-state index is 0.0636. The van der Waals surface area contributed by atoms with E-state index in [1.807, 2.05) is 11.8 Å². The molecule has 0 aromatic heterocycles. The molecule has 0 amide bonds. The van der Waals surface area contributed by atoms with E-state index in [0.717, 1.165) is 37.7 Å². The van der Waals surface area contributed by atoms with Gasteiger partial charge in [-0.1, -0.05) is 24.3 Å². The van der Waals surface area contributed by atoms with E-state index >= 15 is 0 Å². The van der Waals surface area contributed by atoms with Gasteiger partial charge in [0.1, 0.15) is 0 Å². The minimum Gasteiger partial charge on any atom is -0.364 e. The summed E-state index contributed by atoms with van der Waals surface area (Å²) in [5.41, 5.74) is 5.60. The lowest BCUT2D eigenvalue weighted by atomic mass is 9.72. The number of likely N-dealkylation sites (N-methyl/N-ethyl adjacent to an activating group) is 1. The molecular weight excluding hydrogens is 338 g/mol. The third kappa shape index (κ3) is 2.15. The molecule has 5 rings (SSSR count). The van der Waals surface area contributed by atoms with E-state index < -0.39 is 0 Å². The molecule has 1 spiro atoms. The molecule has 1 aromatic carbocycles. The lowest BCUT2D eigenvalue weighted by molar-refractivity contribution is 0.117. The van der Waals surface area contributed by atoms with Gasteiger partial charge in [-0.15, -0.1) is 11.8 Å². The number of allylic oxidation sites excluding steroid dienone is 3. The Morgan fingerprint density at radius 3 is 2.65 bits per heavy atom. The highest BCUT2D eigenvalue weighted by atomic mass is 32.2. The number of nitrogens with zero attached hydrogens (tertiary/aromatic N) is 3. The number of para-hydroxylation sites is 1. The van der Waals surface area contributed by atoms with Crippen LogP contribution < -0.4 is 10.6 Å². The third-order valence-electron chi connectivity index (χ3n) is 6.54. The van der Waals surface area contributed by atoms with Gasteiger partial charge in [0.25, 0.3) is 0 Å². The Kier molecular flexibility index (Phi) is 3.70. The molecule has 4 aliphatic rings. The van der Waals surface area contributed by atoms with E-state index in [9.17, 15) is 0 Å². The van der Waals surface area contributed by atoms with Crippen LogP contribution in [-0.2, 0) is 0 Å². The van der Waals surface area contributed by atoms with E-state index in [-0.39, 0.29) is 5.54 Å². The first-order valence-corrected chi connectivity index (χ1v) is 10.7. The zero-order valence-electron chi connectivity index (χ0n) is 15.7. The first kappa shape index (κ1) is 16.4. The summed E-state index contributed by atoms with van der Waals surface area (Å²) < 4.78 is 0. The number of rotatable bonds is 1. The van der Waals surface area contributed by atoms with Crippen LogP contribution in [0.1, 0.15) is 19.3 Å². The predicted molar refractivity (Wildman–Crippen MR) is 109 cm³/mol. The number of fused-ring (bicyclic) bond motifs is 4. The van der Waals surface area contributed by atoms with Crippen LogP contribution in [0.15, 0.2) is 63.3 Å². The average molecular weight is 364 g/mol. The fourth-order valence-electron chi connectivity index (χ4n) is 5.00. The quantitative estimate of drug-likeness (QED) is 0.764. The predicted octanol–water partition coefficient (Wildman–Crippen LogP) is 2.67. The van der Waals surface area contributed by atoms with Crippen molar-refractivity contribution in [2.45, 2.75) is 24.8 Å². The lowest BCUT2D eigenvalue weighted by Crippen LogP contribution is -2.57. The zero-order chi connectivity index (χ0) is 17.9. The van der Waals surface area contributed by atoms with Crippen LogP contribution in [0.5, 0.6) is 0 Å². The van der Waals surface area contributed by atoms with E-state index in [1.165, 1.54) is 32.7 Å². The highest BCUT2D eigenvalue weighted by Gasteiger charge is 2.48. The summed E-state index contributed by atoms with van der Waals surface area (Å²) in [4.78, 5) is 11.6. The monoisotopic (exact) mass is 363 g/mol. The van der Waals surface area contributed by atoms with Crippen LogP contribution >= 0.6 is 11.8 Å². The second kappa shape index (κ2) is 5.86. The second-order valence-electron chi connectivity index (χ2n) is 7.77. The van der Waals surface area contributed by atoms with Crippen molar-refractivity contribution < 1.29 is 0 Å². The molecule has 1 fully saturated rings. The molecule has 3 heterocycles. The molecule has 3 nitrogen and oxygen atoms in total. The van der Waals surface area contributed by atoms with Crippen molar-refractivity contribution >= 4 is 17.3 Å². The number of likely N-dealkylation sites (tertiary alicyclic amines) is 1. The molecule has 1 saturated heterocycles. The Bertz CT molecular complexity index is 990. The molecule has 3 aliphatic heterocycles. The van der Waals surface area contributed by atoms with Crippen molar-refractivity contribution in [1.29, 1.82) is 0 Å². The smallest absolute Gasteiger partial charge is 0.0755 e. The maximum Gasteiger partial charge on any atom is 0.0755 e. The Balaban J connectivity index is 1.81. The van der Waals surface area contributed by atoms with E-state index in [4.69, 9.17) is 4.99 Å². The van der Waals surface area contributed by atoms with Crippen molar-refractivity contribution in [1.82, 2.24) is 9.80 Å². The number of piperidine rings is 1. The molecular formula is C22H25N3S. The van der Waals surface area contributed by atoms with Gasteiger partial charge >= 0.3 is 0 Å². The molecule has 134 valence electrons. The van der Waals surface area contributed by atoms with Gasteiger partial charge < -0.3 is 9.80 Å². The van der Waals surface area contributed by atoms with Crippen molar-refractivity contribution in [2.75, 3.05) is 33.4 Å². The molecule has 0 radical (unpaired) electrons. The molecule has 4 heteroatoms. The standard InChI is InChI=1S/C22H25N3S/c1-24-12-10-22(11-13-24)20-16-6-4-5-7-18(16)23-21(20)17-9-8-15(26-3)14-19(17)25(22)2/h4-8,14H,9-13H2,1-3H3. The lowest BCUT2D eigenvalue weighted by Gasteiger charge is -2.53. The van der Waals surface area contributed by atoms with Gasteiger partial charge in [-0.2, -0.15) is 0 Å². The van der Waals surface area contributed by atoms with E-state index in [1.54, 1.807) is 0 Å². The number of hydrogen-bond donors (Lipinski definition) is 0. The fourth-order valence-corrected chi connectivity index (χ4v) is 5.48. The third-order valence-corrected chi connectivity index (χ3v) is 7.30. The molecule has 0 unspecified atom stereocenters. The van der Waals surface area contributed by atoms with Crippen LogP contribution in [0.2, 0.25) is 0 Å². The van der Waals surface area contributed by atoms with Gasteiger partial charge in [0.15, 0.2) is 0 Å². The average Bonchev–Trinajstić information content (AvgIpc) is 3.08. The topological polar surface area (TPSA) is 18.8 Å². The van der Waals surface area contributed by atoms with Crippen molar-refractivity contribution in [2.24, 2.45) is 4.99 Å². The summed E-state index contributed by atoms with van der Waals surface area (Å²) in [7, 11) is 4.55. The van der Waals surface area contributed by atoms with Crippen LogP contribution in [0.3, 0.4) is 0 Å². The maximum atomic E-state index is 5.14. The fraction of sp³-hybridized carbons (Fsp3) is 0.409. The van der Waals surface area contributed by atoms with Crippen LogP contribution in [0.4, 0.5) is 0 Å². The van der Waals surface area contributed by atoms with Crippen LogP contribution in [0.25, 0.3) is 5.57 Å². The first-order valence-electron chi connectivity index (χ1n) is 9.45. The van der Waals surface area contributed by atoms with Gasteiger partial charge in [-0.25, -0.2) is 4.99 Å². The highest BCUT2D eigenvalue weighted by Crippen LogP contribution is 2.50. The SMILES string of the molecule is CSC1=CCC2=C3N=c4ccccc4=C3C3(CCN(C)CC3)N(C)C2=C1. The number of benzene rings is 1. The van der Waals surface area contributed by atoms with Crippen molar-refractivity contribution in [3.8, 4) is 0 Å². The Morgan fingerprint density at radius 1 is 1.12 bits per heavy atom. The molecule has 0 N–H and O–H groups in total. The van der Waals surface area contributed by atoms with E-state index in [0.29, 0.717) is 0 Å². The zero-order valence-corrected chi connectivity index (χ0v) is 16.6. The normalized spacial score (nSPS) is 24.0. The molecule has 0 atom stereocenters. The first-order chi connectivity index (χ1) is 12.6. The number of thioether (sulfide) groups is 1. The van der Waals surface area contributed by atoms with Gasteiger partial charge in [0.05, 0.1) is 16.6 Å². The molecule has 1 aliphatic carbocycles. The molecule has 1 aromatic rings. The summed E-state index contributed by atoms with van der Waals surface area (Å²) in [6.07, 6.45) is 10.2. The summed E-state index contributed by atoms with van der Waals surface area (Å²) in [5.74, 6) is 0. The maximum absolute atomic E-state index is 5.14. The second-order valence-corrected chi connectivity index (χ2v) is 8.65. The van der Waals surface area contributed by atoms with Crippen molar-refractivity contribution in [3.05, 3.63) is 68.9 Å². The van der Waals surface area contributed by atoms with E-state index in [2.05, 4.69) is 66.6 Å². The minimum atomic E-state index is 0.0636. The summed E-state index contributed by atoms with van der Waals surface area (Å²) in [5, 5.41) is 2.50. The van der Waals surface area contributed by atoms with Gasteiger partial charge in [-0.3, -0.25) is 0 Å². The molecule has 0 saturated carbocycles. The largest absolute Gasteiger partial charge is 0.364 e. The number of hydrogen-bond acceptors (Lipinski definition) is 4. The summed E-state index contributed by atoms with van der Waals surface area (Å²) in [6, 6.07) is 8.72. The summed E-state index contributed by atoms with van der Waals surface area (Å²) >= 11 is 1.84. The van der Waals surface area contributed by atoms with Gasteiger partial charge in [0, 0.05) is 47.1 Å². The van der Waals surface area contributed by atoms with Crippen LogP contribution in [0, 0.1) is 0 Å². The van der Waals surface area contributed by atoms with Crippen LogP contribution in [-0.4, -0.2) is 48.8 Å². The van der Waals surface area contributed by atoms with Crippen molar-refractivity contribution in [3.63, 3.8) is 0 Å². The molecule has 26 heavy (non-hydrogen) atoms. The van der Waals surface area contributed by atoms with Gasteiger partial charge in [-0.05, 0) is 44.7 Å². The Hall–Kier alpha value is -1.78. The Labute approximate surface area is 159 Å². The van der Waals surface area contributed by atoms with Gasteiger partial charge in [0.2, 0.25) is 0 Å².